The van der Waals surface area contributed by atoms with Gasteiger partial charge >= 0.3 is 0 Å². The molecule has 2 rings (SSSR count). The maximum atomic E-state index is 11.9. The van der Waals surface area contributed by atoms with E-state index in [1.165, 1.54) is 0 Å². The number of benzene rings is 1. The van der Waals surface area contributed by atoms with Crippen molar-refractivity contribution in [2.24, 2.45) is 0 Å². The predicted molar refractivity (Wildman–Crippen MR) is 75.0 cm³/mol. The molecule has 0 spiro atoms. The van der Waals surface area contributed by atoms with Crippen LogP contribution in [-0.2, 0) is 6.54 Å². The van der Waals surface area contributed by atoms with Gasteiger partial charge in [0.15, 0.2) is 0 Å². The van der Waals surface area contributed by atoms with E-state index in [1.807, 2.05) is 48.1 Å². The molecule has 4 heteroatoms. The van der Waals surface area contributed by atoms with E-state index in [9.17, 15) is 4.79 Å². The third-order valence-corrected chi connectivity index (χ3v) is 3.11. The van der Waals surface area contributed by atoms with Crippen LogP contribution in [0.5, 0.6) is 0 Å². The zero-order valence-corrected chi connectivity index (χ0v) is 11.3. The van der Waals surface area contributed by atoms with Crippen LogP contribution >= 0.6 is 0 Å². The number of aromatic nitrogens is 2. The van der Waals surface area contributed by atoms with Gasteiger partial charge in [0.05, 0.1) is 6.54 Å². The highest BCUT2D eigenvalue weighted by Crippen LogP contribution is 2.06. The third kappa shape index (κ3) is 3.68. The molecule has 1 amide bonds. The summed E-state index contributed by atoms with van der Waals surface area (Å²) in [5.41, 5.74) is 1.83. The fourth-order valence-corrected chi connectivity index (χ4v) is 1.75. The van der Waals surface area contributed by atoms with Crippen LogP contribution in [0.4, 0.5) is 0 Å². The summed E-state index contributed by atoms with van der Waals surface area (Å²) in [6, 6.07) is 9.75. The standard InChI is InChI=1S/C15H19N3O/c1-3-12(2)17-15(19)14-7-5-13(6-8-14)11-18-10-4-9-16-18/h4-10,12H,3,11H2,1-2H3,(H,17,19). The highest BCUT2D eigenvalue weighted by molar-refractivity contribution is 5.94. The number of carbonyl (C=O) groups is 1. The van der Waals surface area contributed by atoms with Gasteiger partial charge in [-0.15, -0.1) is 0 Å². The molecule has 0 aliphatic heterocycles. The number of nitrogens with one attached hydrogen (secondary N) is 1. The van der Waals surface area contributed by atoms with Gasteiger partial charge in [0.1, 0.15) is 0 Å². The van der Waals surface area contributed by atoms with E-state index in [2.05, 4.69) is 17.3 Å². The van der Waals surface area contributed by atoms with Crippen molar-refractivity contribution in [1.29, 1.82) is 0 Å². The SMILES string of the molecule is CCC(C)NC(=O)c1ccc(Cn2cccn2)cc1. The first kappa shape index (κ1) is 13.3. The summed E-state index contributed by atoms with van der Waals surface area (Å²) in [5, 5.41) is 7.11. The molecule has 1 heterocycles. The lowest BCUT2D eigenvalue weighted by Crippen LogP contribution is -2.31. The maximum absolute atomic E-state index is 11.9. The lowest BCUT2D eigenvalue weighted by molar-refractivity contribution is 0.0939. The molecule has 1 N–H and O–H groups in total. The molecule has 0 radical (unpaired) electrons. The number of nitrogens with zero attached hydrogens (tertiary/aromatic N) is 2. The maximum Gasteiger partial charge on any atom is 0.251 e. The quantitative estimate of drug-likeness (QED) is 0.894. The normalized spacial score (nSPS) is 12.1. The first-order valence-electron chi connectivity index (χ1n) is 6.56. The van der Waals surface area contributed by atoms with Crippen molar-refractivity contribution in [3.05, 3.63) is 53.9 Å². The van der Waals surface area contributed by atoms with Crippen LogP contribution in [0, 0.1) is 0 Å². The van der Waals surface area contributed by atoms with Crippen molar-refractivity contribution >= 4 is 5.91 Å². The Morgan fingerprint density at radius 1 is 1.37 bits per heavy atom. The Morgan fingerprint density at radius 3 is 2.68 bits per heavy atom. The smallest absolute Gasteiger partial charge is 0.251 e. The van der Waals surface area contributed by atoms with Gasteiger partial charge in [-0.3, -0.25) is 9.48 Å². The minimum Gasteiger partial charge on any atom is -0.350 e. The molecule has 0 aliphatic carbocycles. The second-order valence-electron chi connectivity index (χ2n) is 4.68. The average molecular weight is 257 g/mol. The highest BCUT2D eigenvalue weighted by atomic mass is 16.1. The molecular formula is C15H19N3O. The Kier molecular flexibility index (Phi) is 4.34. The first-order chi connectivity index (χ1) is 9.19. The van der Waals surface area contributed by atoms with Gasteiger partial charge in [0, 0.05) is 24.0 Å². The molecule has 2 aromatic rings. The van der Waals surface area contributed by atoms with Crippen molar-refractivity contribution in [2.45, 2.75) is 32.9 Å². The van der Waals surface area contributed by atoms with Gasteiger partial charge in [0.25, 0.3) is 5.91 Å². The Hall–Kier alpha value is -2.10. The van der Waals surface area contributed by atoms with Crippen LogP contribution in [0.3, 0.4) is 0 Å². The van der Waals surface area contributed by atoms with E-state index in [0.717, 1.165) is 18.5 Å². The fraction of sp³-hybridized carbons (Fsp3) is 0.333. The van der Waals surface area contributed by atoms with E-state index in [0.29, 0.717) is 5.56 Å². The molecule has 0 bridgehead atoms. The minimum absolute atomic E-state index is 0.0139. The van der Waals surface area contributed by atoms with Crippen LogP contribution in [0.2, 0.25) is 0 Å². The van der Waals surface area contributed by atoms with E-state index in [1.54, 1.807) is 6.20 Å². The summed E-state index contributed by atoms with van der Waals surface area (Å²) >= 11 is 0. The highest BCUT2D eigenvalue weighted by Gasteiger charge is 2.08. The van der Waals surface area contributed by atoms with Crippen LogP contribution in [0.15, 0.2) is 42.7 Å². The largest absolute Gasteiger partial charge is 0.350 e. The van der Waals surface area contributed by atoms with E-state index in [4.69, 9.17) is 0 Å². The van der Waals surface area contributed by atoms with E-state index >= 15 is 0 Å². The van der Waals surface area contributed by atoms with Crippen molar-refractivity contribution in [3.8, 4) is 0 Å². The van der Waals surface area contributed by atoms with Crippen molar-refractivity contribution in [2.75, 3.05) is 0 Å². The Morgan fingerprint density at radius 2 is 2.11 bits per heavy atom. The zero-order valence-electron chi connectivity index (χ0n) is 11.3. The van der Waals surface area contributed by atoms with Crippen LogP contribution < -0.4 is 5.32 Å². The molecule has 0 saturated heterocycles. The summed E-state index contributed by atoms with van der Waals surface area (Å²) in [4.78, 5) is 11.9. The lowest BCUT2D eigenvalue weighted by Gasteiger charge is -2.11. The van der Waals surface area contributed by atoms with Crippen molar-refractivity contribution < 1.29 is 4.79 Å². The molecule has 1 aromatic carbocycles. The van der Waals surface area contributed by atoms with Gasteiger partial charge in [-0.2, -0.15) is 5.10 Å². The minimum atomic E-state index is -0.0139. The molecule has 1 aromatic heterocycles. The van der Waals surface area contributed by atoms with Gasteiger partial charge in [-0.25, -0.2) is 0 Å². The molecule has 4 nitrogen and oxygen atoms in total. The average Bonchev–Trinajstić information content (AvgIpc) is 2.92. The molecule has 0 saturated carbocycles. The van der Waals surface area contributed by atoms with Crippen molar-refractivity contribution in [3.63, 3.8) is 0 Å². The molecule has 0 fully saturated rings. The topological polar surface area (TPSA) is 46.9 Å². The molecule has 1 atom stereocenters. The number of rotatable bonds is 5. The number of amides is 1. The van der Waals surface area contributed by atoms with Gasteiger partial charge < -0.3 is 5.32 Å². The Bertz CT molecular complexity index is 517. The van der Waals surface area contributed by atoms with Gasteiger partial charge in [0.2, 0.25) is 0 Å². The number of hydrogen-bond acceptors (Lipinski definition) is 2. The second-order valence-corrected chi connectivity index (χ2v) is 4.68. The van der Waals surface area contributed by atoms with Crippen LogP contribution in [-0.4, -0.2) is 21.7 Å². The fourth-order valence-electron chi connectivity index (χ4n) is 1.75. The number of carbonyl (C=O) groups excluding carboxylic acids is 1. The van der Waals surface area contributed by atoms with Crippen LogP contribution in [0.1, 0.15) is 36.2 Å². The first-order valence-corrected chi connectivity index (χ1v) is 6.56. The second kappa shape index (κ2) is 6.18. The molecular weight excluding hydrogens is 238 g/mol. The van der Waals surface area contributed by atoms with Crippen molar-refractivity contribution in [1.82, 2.24) is 15.1 Å². The van der Waals surface area contributed by atoms with E-state index < -0.39 is 0 Å². The Labute approximate surface area is 113 Å². The third-order valence-electron chi connectivity index (χ3n) is 3.11. The number of hydrogen-bond donors (Lipinski definition) is 1. The molecule has 1 unspecified atom stereocenters. The molecule has 0 aliphatic rings. The van der Waals surface area contributed by atoms with Crippen LogP contribution in [0.25, 0.3) is 0 Å². The van der Waals surface area contributed by atoms with E-state index in [-0.39, 0.29) is 11.9 Å². The lowest BCUT2D eigenvalue weighted by atomic mass is 10.1. The summed E-state index contributed by atoms with van der Waals surface area (Å²) in [6.45, 7) is 4.78. The predicted octanol–water partition coefficient (Wildman–Crippen LogP) is 2.46. The molecule has 19 heavy (non-hydrogen) atoms. The Balaban J connectivity index is 2.00. The summed E-state index contributed by atoms with van der Waals surface area (Å²) < 4.78 is 1.86. The van der Waals surface area contributed by atoms with Gasteiger partial charge in [-0.05, 0) is 37.1 Å². The molecule has 100 valence electrons. The van der Waals surface area contributed by atoms with Gasteiger partial charge in [-0.1, -0.05) is 19.1 Å². The summed E-state index contributed by atoms with van der Waals surface area (Å²) in [5.74, 6) is -0.0139. The summed E-state index contributed by atoms with van der Waals surface area (Å²) in [6.07, 6.45) is 4.61. The summed E-state index contributed by atoms with van der Waals surface area (Å²) in [7, 11) is 0. The zero-order chi connectivity index (χ0) is 13.7. The monoisotopic (exact) mass is 257 g/mol.